The molecule has 3 rings (SSSR count). The van der Waals surface area contributed by atoms with Gasteiger partial charge in [-0.2, -0.15) is 0 Å². The largest absolute Gasteiger partial charge is 0.368 e. The zero-order valence-corrected chi connectivity index (χ0v) is 17.6. The van der Waals surface area contributed by atoms with Gasteiger partial charge < -0.3 is 15.1 Å². The van der Waals surface area contributed by atoms with Crippen molar-refractivity contribution in [2.24, 2.45) is 5.92 Å². The molecule has 2 amide bonds. The zero-order valence-electron chi connectivity index (χ0n) is 17.6. The molecular formula is C24H31N3O2. The van der Waals surface area contributed by atoms with E-state index >= 15 is 0 Å². The van der Waals surface area contributed by atoms with E-state index in [-0.39, 0.29) is 17.7 Å². The monoisotopic (exact) mass is 393 g/mol. The van der Waals surface area contributed by atoms with Crippen molar-refractivity contribution in [2.45, 2.75) is 33.2 Å². The molecule has 0 aliphatic carbocycles. The van der Waals surface area contributed by atoms with Gasteiger partial charge in [-0.1, -0.05) is 56.7 Å². The molecule has 0 spiro atoms. The predicted octanol–water partition coefficient (Wildman–Crippen LogP) is 3.49. The minimum atomic E-state index is -0.502. The molecule has 5 heteroatoms. The van der Waals surface area contributed by atoms with Gasteiger partial charge in [0.15, 0.2) is 0 Å². The Morgan fingerprint density at radius 1 is 0.966 bits per heavy atom. The SMILES string of the molecule is CCC(C)C(NC(=O)c1ccccc1)C(=O)N1CCN(c2ccccc2C)CC1. The second-order valence-corrected chi connectivity index (χ2v) is 7.80. The van der Waals surface area contributed by atoms with Crippen molar-refractivity contribution in [3.63, 3.8) is 0 Å². The van der Waals surface area contributed by atoms with Gasteiger partial charge in [0.25, 0.3) is 5.91 Å². The topological polar surface area (TPSA) is 52.7 Å². The smallest absolute Gasteiger partial charge is 0.251 e. The summed E-state index contributed by atoms with van der Waals surface area (Å²) in [5, 5.41) is 2.99. The summed E-state index contributed by atoms with van der Waals surface area (Å²) in [7, 11) is 0. The second-order valence-electron chi connectivity index (χ2n) is 7.80. The summed E-state index contributed by atoms with van der Waals surface area (Å²) in [6.07, 6.45) is 0.828. The van der Waals surface area contributed by atoms with Crippen LogP contribution in [0.15, 0.2) is 54.6 Å². The fourth-order valence-electron chi connectivity index (χ4n) is 3.78. The molecule has 2 atom stereocenters. The Morgan fingerprint density at radius 2 is 1.59 bits per heavy atom. The standard InChI is InChI=1S/C24H31N3O2/c1-4-18(2)22(25-23(28)20-11-6-5-7-12-20)24(29)27-16-14-26(15-17-27)21-13-9-8-10-19(21)3/h5-13,18,22H,4,14-17H2,1-3H3,(H,25,28). The summed E-state index contributed by atoms with van der Waals surface area (Å²) < 4.78 is 0. The summed E-state index contributed by atoms with van der Waals surface area (Å²) in [6.45, 7) is 9.13. The summed E-state index contributed by atoms with van der Waals surface area (Å²) in [4.78, 5) is 30.1. The van der Waals surface area contributed by atoms with Gasteiger partial charge in [0.1, 0.15) is 6.04 Å². The molecule has 0 radical (unpaired) electrons. The molecule has 1 aliphatic heterocycles. The molecule has 5 nitrogen and oxygen atoms in total. The highest BCUT2D eigenvalue weighted by atomic mass is 16.2. The van der Waals surface area contributed by atoms with E-state index in [4.69, 9.17) is 0 Å². The number of carbonyl (C=O) groups is 2. The molecule has 1 saturated heterocycles. The number of piperazine rings is 1. The number of para-hydroxylation sites is 1. The highest BCUT2D eigenvalue weighted by molar-refractivity contribution is 5.97. The maximum Gasteiger partial charge on any atom is 0.251 e. The van der Waals surface area contributed by atoms with Gasteiger partial charge in [-0.05, 0) is 36.6 Å². The first kappa shape index (κ1) is 20.9. The Labute approximate surface area is 173 Å². The van der Waals surface area contributed by atoms with Crippen LogP contribution in [0.1, 0.15) is 36.2 Å². The average molecular weight is 394 g/mol. The number of carbonyl (C=O) groups excluding carboxylic acids is 2. The summed E-state index contributed by atoms with van der Waals surface area (Å²) in [5.41, 5.74) is 3.06. The number of aryl methyl sites for hydroxylation is 1. The van der Waals surface area contributed by atoms with Crippen molar-refractivity contribution in [1.29, 1.82) is 0 Å². The molecule has 29 heavy (non-hydrogen) atoms. The van der Waals surface area contributed by atoms with Gasteiger partial charge in [0.05, 0.1) is 0 Å². The fourth-order valence-corrected chi connectivity index (χ4v) is 3.78. The van der Waals surface area contributed by atoms with E-state index in [9.17, 15) is 9.59 Å². The lowest BCUT2D eigenvalue weighted by Crippen LogP contribution is -2.56. The lowest BCUT2D eigenvalue weighted by Gasteiger charge is -2.39. The van der Waals surface area contributed by atoms with Crippen LogP contribution in [0, 0.1) is 12.8 Å². The van der Waals surface area contributed by atoms with Crippen LogP contribution in [0.5, 0.6) is 0 Å². The molecule has 154 valence electrons. The molecule has 1 heterocycles. The van der Waals surface area contributed by atoms with E-state index in [0.29, 0.717) is 18.7 Å². The molecule has 1 aliphatic rings. The minimum absolute atomic E-state index is 0.0214. The average Bonchev–Trinajstić information content (AvgIpc) is 2.77. The summed E-state index contributed by atoms with van der Waals surface area (Å²) >= 11 is 0. The summed E-state index contributed by atoms with van der Waals surface area (Å²) in [5.74, 6) is -0.0968. The highest BCUT2D eigenvalue weighted by Crippen LogP contribution is 2.21. The van der Waals surface area contributed by atoms with Crippen LogP contribution in [0.4, 0.5) is 5.69 Å². The van der Waals surface area contributed by atoms with Crippen LogP contribution in [0.2, 0.25) is 0 Å². The van der Waals surface area contributed by atoms with Crippen LogP contribution in [-0.2, 0) is 4.79 Å². The number of hydrogen-bond acceptors (Lipinski definition) is 3. The number of nitrogens with zero attached hydrogens (tertiary/aromatic N) is 2. The van der Waals surface area contributed by atoms with Gasteiger partial charge in [-0.25, -0.2) is 0 Å². The number of rotatable bonds is 6. The Bertz CT molecular complexity index is 829. The minimum Gasteiger partial charge on any atom is -0.368 e. The molecule has 0 saturated carbocycles. The normalized spacial score (nSPS) is 16.2. The van der Waals surface area contributed by atoms with Gasteiger partial charge in [0, 0.05) is 37.4 Å². The Kier molecular flexibility index (Phi) is 6.91. The van der Waals surface area contributed by atoms with E-state index in [1.807, 2.05) is 36.1 Å². The number of benzene rings is 2. The number of hydrogen-bond donors (Lipinski definition) is 1. The predicted molar refractivity (Wildman–Crippen MR) is 117 cm³/mol. The maximum atomic E-state index is 13.3. The molecular weight excluding hydrogens is 362 g/mol. The van der Waals surface area contributed by atoms with Gasteiger partial charge in [0.2, 0.25) is 5.91 Å². The van der Waals surface area contributed by atoms with Crippen LogP contribution >= 0.6 is 0 Å². The molecule has 1 fully saturated rings. The van der Waals surface area contributed by atoms with Crippen molar-refractivity contribution in [1.82, 2.24) is 10.2 Å². The van der Waals surface area contributed by atoms with E-state index in [2.05, 4.69) is 42.3 Å². The van der Waals surface area contributed by atoms with Crippen molar-refractivity contribution in [3.8, 4) is 0 Å². The first-order valence-electron chi connectivity index (χ1n) is 10.5. The molecule has 1 N–H and O–H groups in total. The van der Waals surface area contributed by atoms with Crippen molar-refractivity contribution in [2.75, 3.05) is 31.1 Å². The maximum absolute atomic E-state index is 13.3. The number of anilines is 1. The van der Waals surface area contributed by atoms with Crippen molar-refractivity contribution < 1.29 is 9.59 Å². The lowest BCUT2D eigenvalue weighted by molar-refractivity contribution is -0.134. The molecule has 0 bridgehead atoms. The lowest BCUT2D eigenvalue weighted by atomic mass is 9.97. The van der Waals surface area contributed by atoms with Crippen LogP contribution in [-0.4, -0.2) is 48.9 Å². The van der Waals surface area contributed by atoms with Crippen molar-refractivity contribution in [3.05, 3.63) is 65.7 Å². The van der Waals surface area contributed by atoms with Gasteiger partial charge in [-0.15, -0.1) is 0 Å². The molecule has 2 aromatic rings. The van der Waals surface area contributed by atoms with Gasteiger partial charge in [-0.3, -0.25) is 9.59 Å². The fraction of sp³-hybridized carbons (Fsp3) is 0.417. The van der Waals surface area contributed by atoms with Gasteiger partial charge >= 0.3 is 0 Å². The number of amides is 2. The molecule has 2 aromatic carbocycles. The number of nitrogens with one attached hydrogen (secondary N) is 1. The molecule has 0 aromatic heterocycles. The van der Waals surface area contributed by atoms with Crippen molar-refractivity contribution >= 4 is 17.5 Å². The Balaban J connectivity index is 1.66. The zero-order chi connectivity index (χ0) is 20.8. The summed E-state index contributed by atoms with van der Waals surface area (Å²) in [6, 6.07) is 16.9. The first-order valence-corrected chi connectivity index (χ1v) is 10.5. The van der Waals surface area contributed by atoms with E-state index in [1.54, 1.807) is 12.1 Å². The highest BCUT2D eigenvalue weighted by Gasteiger charge is 2.32. The quantitative estimate of drug-likeness (QED) is 0.817. The van der Waals surface area contributed by atoms with E-state index < -0.39 is 6.04 Å². The van der Waals surface area contributed by atoms with E-state index in [0.717, 1.165) is 19.5 Å². The molecule has 2 unspecified atom stereocenters. The van der Waals surface area contributed by atoms with Crippen LogP contribution in [0.3, 0.4) is 0 Å². The third-order valence-corrected chi connectivity index (χ3v) is 5.85. The Hall–Kier alpha value is -2.82. The van der Waals surface area contributed by atoms with E-state index in [1.165, 1.54) is 11.3 Å². The Morgan fingerprint density at radius 3 is 2.21 bits per heavy atom. The van der Waals surface area contributed by atoms with Crippen LogP contribution in [0.25, 0.3) is 0 Å². The third-order valence-electron chi connectivity index (χ3n) is 5.85. The second kappa shape index (κ2) is 9.59. The third kappa shape index (κ3) is 4.97. The van der Waals surface area contributed by atoms with Crippen LogP contribution < -0.4 is 10.2 Å². The first-order chi connectivity index (χ1) is 14.0.